The summed E-state index contributed by atoms with van der Waals surface area (Å²) in [4.78, 5) is 13.5. The number of nitrogens with zero attached hydrogens (tertiary/aromatic N) is 5. The van der Waals surface area contributed by atoms with Gasteiger partial charge in [-0.05, 0) is 63.9 Å². The second-order valence-corrected chi connectivity index (χ2v) is 13.6. The van der Waals surface area contributed by atoms with Gasteiger partial charge >= 0.3 is 0 Å². The van der Waals surface area contributed by atoms with Gasteiger partial charge in [0.1, 0.15) is 11.6 Å². The van der Waals surface area contributed by atoms with Crippen LogP contribution in [0, 0.1) is 17.8 Å². The van der Waals surface area contributed by atoms with Crippen molar-refractivity contribution in [2.24, 2.45) is 5.92 Å². The molecule has 41 heavy (non-hydrogen) atoms. The minimum atomic E-state index is -3.46. The van der Waals surface area contributed by atoms with E-state index < -0.39 is 10.0 Å². The monoisotopic (exact) mass is 575 g/mol. The fraction of sp³-hybridized carbons (Fsp3) is 0.517. The van der Waals surface area contributed by atoms with Crippen LogP contribution in [-0.4, -0.2) is 67.3 Å². The van der Waals surface area contributed by atoms with Crippen molar-refractivity contribution in [2.75, 3.05) is 10.6 Å². The van der Waals surface area contributed by atoms with Crippen molar-refractivity contribution in [1.29, 1.82) is 0 Å². The number of ether oxygens (including phenoxy) is 1. The number of fused-ring (bicyclic) bond motifs is 2. The Hall–Kier alpha value is -3.53. The molecule has 3 aromatic rings. The van der Waals surface area contributed by atoms with Crippen LogP contribution in [0.2, 0.25) is 0 Å². The number of nitrogens with one attached hydrogen (secondary N) is 2. The number of hydrogen-bond acceptors (Lipinski definition) is 10. The van der Waals surface area contributed by atoms with Gasteiger partial charge in [-0.15, -0.1) is 0 Å². The van der Waals surface area contributed by atoms with E-state index >= 15 is 0 Å². The summed E-state index contributed by atoms with van der Waals surface area (Å²) < 4.78 is 32.1. The zero-order chi connectivity index (χ0) is 28.0. The molecule has 3 aromatic heterocycles. The van der Waals surface area contributed by atoms with Crippen LogP contribution >= 0.6 is 0 Å². The van der Waals surface area contributed by atoms with E-state index in [0.29, 0.717) is 42.0 Å². The van der Waals surface area contributed by atoms with Gasteiger partial charge in [-0.1, -0.05) is 11.8 Å². The Bertz CT molecular complexity index is 1600. The van der Waals surface area contributed by atoms with Gasteiger partial charge in [0.25, 0.3) is 10.0 Å². The predicted molar refractivity (Wildman–Crippen MR) is 153 cm³/mol. The van der Waals surface area contributed by atoms with Crippen LogP contribution in [0.15, 0.2) is 36.9 Å². The Kier molecular flexibility index (Phi) is 6.89. The second-order valence-electron chi connectivity index (χ2n) is 11.5. The van der Waals surface area contributed by atoms with Crippen LogP contribution in [0.1, 0.15) is 63.4 Å². The molecule has 3 atom stereocenters. The van der Waals surface area contributed by atoms with E-state index in [2.05, 4.69) is 42.5 Å². The molecular weight excluding hydrogens is 542 g/mol. The van der Waals surface area contributed by atoms with Crippen LogP contribution in [0.4, 0.5) is 17.3 Å². The summed E-state index contributed by atoms with van der Waals surface area (Å²) in [5.41, 5.74) is 2.24. The predicted octanol–water partition coefficient (Wildman–Crippen LogP) is 3.45. The average molecular weight is 576 g/mol. The molecule has 2 aliphatic heterocycles. The number of rotatable bonds is 7. The van der Waals surface area contributed by atoms with Gasteiger partial charge in [-0.2, -0.15) is 9.19 Å². The molecule has 0 spiro atoms. The first-order chi connectivity index (χ1) is 19.9. The second kappa shape index (κ2) is 10.7. The minimum Gasteiger partial charge on any atom is -0.393 e. The average Bonchev–Trinajstić information content (AvgIpc) is 3.37. The van der Waals surface area contributed by atoms with E-state index in [-0.39, 0.29) is 29.4 Å². The Morgan fingerprint density at radius 1 is 1.02 bits per heavy atom. The Morgan fingerprint density at radius 2 is 1.88 bits per heavy atom. The van der Waals surface area contributed by atoms with Gasteiger partial charge in [0, 0.05) is 30.4 Å². The standard InChI is InChI=1S/C29H33N7O4S/c37-22-5-3-21(4-6-22)33-25-14-28(31-15-19(25)2-1-18-13-23-7-10-26(18)40-23)34-27-11-12-30-29(35-27)20-16-32-36(17-20)41(38,39)24-8-9-24/h11-12,14-18,21-24,26,37H,3-10,13H2,(H2,30,31,33,34,35)/t18?,21?,22?,23-,26-/m0/s1. The van der Waals surface area contributed by atoms with Crippen molar-refractivity contribution in [3.05, 3.63) is 42.5 Å². The summed E-state index contributed by atoms with van der Waals surface area (Å²) in [6.07, 6.45) is 14.6. The smallest absolute Gasteiger partial charge is 0.256 e. The van der Waals surface area contributed by atoms with E-state index in [1.54, 1.807) is 18.5 Å². The lowest BCUT2D eigenvalue weighted by Crippen LogP contribution is -2.28. The summed E-state index contributed by atoms with van der Waals surface area (Å²) in [5.74, 6) is 8.55. The first kappa shape index (κ1) is 26.4. The number of anilines is 3. The maximum atomic E-state index is 12.5. The molecule has 2 saturated carbocycles. The molecule has 214 valence electrons. The molecule has 4 fully saturated rings. The van der Waals surface area contributed by atoms with Crippen molar-refractivity contribution >= 4 is 27.3 Å². The summed E-state index contributed by atoms with van der Waals surface area (Å²) in [6.45, 7) is 0. The number of hydrogen-bond donors (Lipinski definition) is 3. The zero-order valence-electron chi connectivity index (χ0n) is 22.6. The maximum absolute atomic E-state index is 12.5. The molecule has 7 rings (SSSR count). The van der Waals surface area contributed by atoms with Gasteiger partial charge in [0.15, 0.2) is 5.82 Å². The molecule has 4 aliphatic rings. The maximum Gasteiger partial charge on any atom is 0.256 e. The van der Waals surface area contributed by atoms with Crippen LogP contribution < -0.4 is 10.6 Å². The largest absolute Gasteiger partial charge is 0.393 e. The summed E-state index contributed by atoms with van der Waals surface area (Å²) in [7, 11) is -3.46. The summed E-state index contributed by atoms with van der Waals surface area (Å²) in [6, 6.07) is 3.91. The van der Waals surface area contributed by atoms with Crippen LogP contribution in [0.3, 0.4) is 0 Å². The van der Waals surface area contributed by atoms with Gasteiger partial charge in [-0.3, -0.25) is 0 Å². The molecule has 12 heteroatoms. The quantitative estimate of drug-likeness (QED) is 0.358. The lowest BCUT2D eigenvalue weighted by molar-refractivity contribution is 0.0987. The Morgan fingerprint density at radius 3 is 2.63 bits per heavy atom. The topological polar surface area (TPSA) is 144 Å². The molecule has 2 aliphatic carbocycles. The first-order valence-corrected chi connectivity index (χ1v) is 15.9. The number of aliphatic hydroxyl groups excluding tert-OH is 1. The molecule has 0 amide bonds. The van der Waals surface area contributed by atoms with Crippen molar-refractivity contribution in [2.45, 2.75) is 87.4 Å². The fourth-order valence-electron chi connectivity index (χ4n) is 5.92. The van der Waals surface area contributed by atoms with E-state index in [1.807, 2.05) is 6.07 Å². The van der Waals surface area contributed by atoms with Gasteiger partial charge in [0.2, 0.25) is 0 Å². The first-order valence-electron chi connectivity index (χ1n) is 14.4. The lowest BCUT2D eigenvalue weighted by atomic mass is 9.89. The van der Waals surface area contributed by atoms with Gasteiger partial charge in [0.05, 0.1) is 52.8 Å². The Balaban J connectivity index is 1.12. The van der Waals surface area contributed by atoms with Crippen molar-refractivity contribution in [1.82, 2.24) is 24.1 Å². The van der Waals surface area contributed by atoms with E-state index in [0.717, 1.165) is 60.3 Å². The molecule has 0 radical (unpaired) electrons. The molecule has 2 saturated heterocycles. The van der Waals surface area contributed by atoms with Crippen molar-refractivity contribution in [3.8, 4) is 23.2 Å². The summed E-state index contributed by atoms with van der Waals surface area (Å²) >= 11 is 0. The number of aromatic nitrogens is 5. The van der Waals surface area contributed by atoms with Gasteiger partial charge in [-0.25, -0.2) is 23.4 Å². The number of aliphatic hydroxyl groups is 1. The number of pyridine rings is 1. The zero-order valence-corrected chi connectivity index (χ0v) is 23.4. The van der Waals surface area contributed by atoms with Crippen LogP contribution in [0.5, 0.6) is 0 Å². The molecule has 3 N–H and O–H groups in total. The van der Waals surface area contributed by atoms with Crippen LogP contribution in [-0.2, 0) is 14.8 Å². The third-order valence-corrected chi connectivity index (χ3v) is 10.4. The highest BCUT2D eigenvalue weighted by molar-refractivity contribution is 7.90. The molecule has 0 aromatic carbocycles. The molecule has 1 unspecified atom stereocenters. The van der Waals surface area contributed by atoms with Crippen molar-refractivity contribution in [3.63, 3.8) is 0 Å². The lowest BCUT2D eigenvalue weighted by Gasteiger charge is -2.27. The van der Waals surface area contributed by atoms with Crippen LogP contribution in [0.25, 0.3) is 11.4 Å². The molecule has 11 nitrogen and oxygen atoms in total. The van der Waals surface area contributed by atoms with Gasteiger partial charge < -0.3 is 20.5 Å². The minimum absolute atomic E-state index is 0.229. The molecular formula is C29H33N7O4S. The third kappa shape index (κ3) is 5.66. The highest BCUT2D eigenvalue weighted by Crippen LogP contribution is 2.38. The Labute approximate surface area is 239 Å². The van der Waals surface area contributed by atoms with E-state index in [4.69, 9.17) is 4.74 Å². The molecule has 5 heterocycles. The SMILES string of the molecule is O=S(=O)(C1CC1)n1cc(-c2nccc(Nc3cc(NC4CCC(O)CC4)c(C#CC4C[C@@H]5CC[C@@H]4O5)cn3)n2)cn1. The highest BCUT2D eigenvalue weighted by atomic mass is 32.2. The molecule has 2 bridgehead atoms. The summed E-state index contributed by atoms with van der Waals surface area (Å²) in [5, 5.41) is 20.6. The van der Waals surface area contributed by atoms with Crippen molar-refractivity contribution < 1.29 is 18.3 Å². The third-order valence-electron chi connectivity index (χ3n) is 8.39. The highest BCUT2D eigenvalue weighted by Gasteiger charge is 2.40. The fourth-order valence-corrected chi connectivity index (χ4v) is 7.40. The van der Waals surface area contributed by atoms with E-state index in [1.165, 1.54) is 12.4 Å². The normalized spacial score (nSPS) is 27.3. The van der Waals surface area contributed by atoms with E-state index in [9.17, 15) is 13.5 Å².